The molecule has 0 aromatic rings. The summed E-state index contributed by atoms with van der Waals surface area (Å²) >= 11 is 0. The van der Waals surface area contributed by atoms with Crippen LogP contribution < -0.4 is 0 Å². The molecule has 0 aliphatic carbocycles. The summed E-state index contributed by atoms with van der Waals surface area (Å²) in [6.07, 6.45) is 4.78. The highest BCUT2D eigenvalue weighted by atomic mass is 16.6. The van der Waals surface area contributed by atoms with E-state index < -0.39 is 0 Å². The molecule has 1 unspecified atom stereocenters. The largest absolute Gasteiger partial charge is 0.396 e. The van der Waals surface area contributed by atoms with Crippen LogP contribution in [0.4, 0.5) is 0 Å². The van der Waals surface area contributed by atoms with Crippen molar-refractivity contribution >= 4 is 0 Å². The van der Waals surface area contributed by atoms with Gasteiger partial charge in [-0.15, -0.1) is 6.58 Å². The molecule has 1 saturated heterocycles. The van der Waals surface area contributed by atoms with Gasteiger partial charge < -0.3 is 9.84 Å². The van der Waals surface area contributed by atoms with Crippen molar-refractivity contribution in [2.24, 2.45) is 0 Å². The third kappa shape index (κ3) is 1.82. The number of hydrogen-bond donors (Lipinski definition) is 1. The predicted molar refractivity (Wildman–Crippen MR) is 39.8 cm³/mol. The van der Waals surface area contributed by atoms with E-state index in [1.54, 1.807) is 0 Å². The Kier molecular flexibility index (Phi) is 2.46. The maximum absolute atomic E-state index is 8.49. The van der Waals surface area contributed by atoms with E-state index in [-0.39, 0.29) is 12.2 Å². The molecule has 0 radical (unpaired) electrons. The standard InChI is InChI=1S/C8H14O2/c1-2-8(7-10-8)5-3-4-6-9/h2,9H,1,3-7H2. The van der Waals surface area contributed by atoms with Crippen molar-refractivity contribution in [1.29, 1.82) is 0 Å². The Balaban J connectivity index is 2.07. The molecule has 0 aromatic carbocycles. The maximum atomic E-state index is 8.49. The first kappa shape index (κ1) is 7.76. The molecule has 1 aliphatic rings. The topological polar surface area (TPSA) is 32.8 Å². The van der Waals surface area contributed by atoms with Gasteiger partial charge in [-0.3, -0.25) is 0 Å². The van der Waals surface area contributed by atoms with Crippen molar-refractivity contribution in [3.05, 3.63) is 12.7 Å². The van der Waals surface area contributed by atoms with Gasteiger partial charge in [0, 0.05) is 6.61 Å². The third-order valence-corrected chi connectivity index (χ3v) is 1.90. The molecular formula is C8H14O2. The van der Waals surface area contributed by atoms with Crippen LogP contribution >= 0.6 is 0 Å². The summed E-state index contributed by atoms with van der Waals surface area (Å²) in [7, 11) is 0. The van der Waals surface area contributed by atoms with Gasteiger partial charge in [-0.25, -0.2) is 0 Å². The number of epoxide rings is 1. The minimum Gasteiger partial charge on any atom is -0.396 e. The fraction of sp³-hybridized carbons (Fsp3) is 0.750. The molecule has 1 N–H and O–H groups in total. The highest BCUT2D eigenvalue weighted by Gasteiger charge is 2.40. The first-order valence-electron chi connectivity index (χ1n) is 3.71. The Morgan fingerprint density at radius 3 is 2.70 bits per heavy atom. The zero-order chi connectivity index (χ0) is 7.45. The van der Waals surface area contributed by atoms with Crippen molar-refractivity contribution in [2.75, 3.05) is 13.2 Å². The van der Waals surface area contributed by atoms with E-state index in [0.29, 0.717) is 0 Å². The minimum atomic E-state index is -0.00479. The Labute approximate surface area is 61.5 Å². The van der Waals surface area contributed by atoms with Gasteiger partial charge in [-0.2, -0.15) is 0 Å². The summed E-state index contributed by atoms with van der Waals surface area (Å²) in [6, 6.07) is 0. The van der Waals surface area contributed by atoms with Gasteiger partial charge >= 0.3 is 0 Å². The number of aliphatic hydroxyl groups excluding tert-OH is 1. The molecule has 1 rings (SSSR count). The fourth-order valence-corrected chi connectivity index (χ4v) is 0.993. The molecule has 1 atom stereocenters. The number of aliphatic hydroxyl groups is 1. The molecule has 2 nitrogen and oxygen atoms in total. The zero-order valence-corrected chi connectivity index (χ0v) is 6.18. The molecule has 0 saturated carbocycles. The molecule has 0 aromatic heterocycles. The van der Waals surface area contributed by atoms with Gasteiger partial charge in [0.1, 0.15) is 5.60 Å². The molecule has 10 heavy (non-hydrogen) atoms. The highest BCUT2D eigenvalue weighted by Crippen LogP contribution is 2.33. The van der Waals surface area contributed by atoms with Crippen molar-refractivity contribution in [3.63, 3.8) is 0 Å². The average molecular weight is 142 g/mol. The van der Waals surface area contributed by atoms with Gasteiger partial charge in [0.15, 0.2) is 0 Å². The maximum Gasteiger partial charge on any atom is 0.109 e. The molecule has 2 heteroatoms. The van der Waals surface area contributed by atoms with E-state index in [4.69, 9.17) is 9.84 Å². The summed E-state index contributed by atoms with van der Waals surface area (Å²) in [5.74, 6) is 0. The molecule has 1 heterocycles. The zero-order valence-electron chi connectivity index (χ0n) is 6.18. The Bertz CT molecular complexity index is 116. The fourth-order valence-electron chi connectivity index (χ4n) is 0.993. The monoisotopic (exact) mass is 142 g/mol. The van der Waals surface area contributed by atoms with E-state index in [2.05, 4.69) is 6.58 Å². The SMILES string of the molecule is C=CC1(CCCCO)CO1. The normalized spacial score (nSPS) is 30.1. The van der Waals surface area contributed by atoms with Crippen molar-refractivity contribution < 1.29 is 9.84 Å². The van der Waals surface area contributed by atoms with E-state index in [1.165, 1.54) is 0 Å². The van der Waals surface area contributed by atoms with Gasteiger partial charge in [0.05, 0.1) is 6.61 Å². The highest BCUT2D eigenvalue weighted by molar-refractivity contribution is 5.06. The van der Waals surface area contributed by atoms with Crippen molar-refractivity contribution in [2.45, 2.75) is 24.9 Å². The lowest BCUT2D eigenvalue weighted by molar-refractivity contribution is 0.270. The first-order valence-corrected chi connectivity index (χ1v) is 3.71. The molecule has 0 bridgehead atoms. The van der Waals surface area contributed by atoms with Crippen molar-refractivity contribution in [1.82, 2.24) is 0 Å². The smallest absolute Gasteiger partial charge is 0.109 e. The van der Waals surface area contributed by atoms with Crippen molar-refractivity contribution in [3.8, 4) is 0 Å². The summed E-state index contributed by atoms with van der Waals surface area (Å²) in [5, 5.41) is 8.49. The number of ether oxygens (including phenoxy) is 1. The molecule has 1 fully saturated rings. The van der Waals surface area contributed by atoms with Gasteiger partial charge in [0.25, 0.3) is 0 Å². The molecular weight excluding hydrogens is 128 g/mol. The first-order chi connectivity index (χ1) is 4.83. The summed E-state index contributed by atoms with van der Waals surface area (Å²) in [4.78, 5) is 0. The van der Waals surface area contributed by atoms with Crippen LogP contribution in [-0.2, 0) is 4.74 Å². The van der Waals surface area contributed by atoms with E-state index in [0.717, 1.165) is 25.9 Å². The van der Waals surface area contributed by atoms with Crippen LogP contribution in [0.15, 0.2) is 12.7 Å². The van der Waals surface area contributed by atoms with Gasteiger partial charge in [-0.1, -0.05) is 6.08 Å². The van der Waals surface area contributed by atoms with Crippen LogP contribution in [0.25, 0.3) is 0 Å². The summed E-state index contributed by atoms with van der Waals surface area (Å²) in [6.45, 7) is 4.79. The molecule has 0 amide bonds. The number of rotatable bonds is 5. The van der Waals surface area contributed by atoms with Crippen LogP contribution in [0.5, 0.6) is 0 Å². The molecule has 0 spiro atoms. The quantitative estimate of drug-likeness (QED) is 0.354. The molecule has 58 valence electrons. The Hall–Kier alpha value is -0.340. The lowest BCUT2D eigenvalue weighted by Gasteiger charge is -2.03. The van der Waals surface area contributed by atoms with Crippen LogP contribution in [-0.4, -0.2) is 23.9 Å². The lowest BCUT2D eigenvalue weighted by atomic mass is 10.0. The summed E-state index contributed by atoms with van der Waals surface area (Å²) in [5.41, 5.74) is -0.00479. The van der Waals surface area contributed by atoms with Gasteiger partial charge in [0.2, 0.25) is 0 Å². The third-order valence-electron chi connectivity index (χ3n) is 1.90. The second-order valence-corrected chi connectivity index (χ2v) is 2.74. The van der Waals surface area contributed by atoms with Crippen LogP contribution in [0.3, 0.4) is 0 Å². The molecule has 1 aliphatic heterocycles. The minimum absolute atomic E-state index is 0.00479. The summed E-state index contributed by atoms with van der Waals surface area (Å²) < 4.78 is 5.19. The van der Waals surface area contributed by atoms with E-state index in [1.807, 2.05) is 6.08 Å². The number of hydrogen-bond acceptors (Lipinski definition) is 2. The van der Waals surface area contributed by atoms with Crippen LogP contribution in [0.1, 0.15) is 19.3 Å². The van der Waals surface area contributed by atoms with Crippen LogP contribution in [0.2, 0.25) is 0 Å². The van der Waals surface area contributed by atoms with Crippen LogP contribution in [0, 0.1) is 0 Å². The average Bonchev–Trinajstić information content (AvgIpc) is 2.70. The predicted octanol–water partition coefficient (Wildman–Crippen LogP) is 1.10. The Morgan fingerprint density at radius 2 is 2.30 bits per heavy atom. The van der Waals surface area contributed by atoms with E-state index >= 15 is 0 Å². The number of unbranched alkanes of at least 4 members (excludes halogenated alkanes) is 1. The van der Waals surface area contributed by atoms with Gasteiger partial charge in [-0.05, 0) is 19.3 Å². The Morgan fingerprint density at radius 1 is 1.60 bits per heavy atom. The second kappa shape index (κ2) is 3.17. The second-order valence-electron chi connectivity index (χ2n) is 2.74. The lowest BCUT2D eigenvalue weighted by Crippen LogP contribution is -2.05. The van der Waals surface area contributed by atoms with E-state index in [9.17, 15) is 0 Å².